The van der Waals surface area contributed by atoms with E-state index in [1.807, 2.05) is 18.2 Å². The van der Waals surface area contributed by atoms with Crippen LogP contribution in [0.4, 0.5) is 0 Å². The summed E-state index contributed by atoms with van der Waals surface area (Å²) in [7, 11) is -3.58. The Balaban J connectivity index is 2.00. The minimum Gasteiger partial charge on any atom is -0.351 e. The number of rotatable bonds is 9. The highest BCUT2D eigenvalue weighted by atomic mass is 32.2. The second-order valence-corrected chi connectivity index (χ2v) is 7.66. The molecule has 0 saturated heterocycles. The Morgan fingerprint density at radius 1 is 1.12 bits per heavy atom. The molecule has 2 aromatic carbocycles. The molecular formula is C20H24N2O3S. The smallest absolute Gasteiger partial charge is 0.251 e. The molecule has 0 fully saturated rings. The van der Waals surface area contributed by atoms with E-state index in [1.165, 1.54) is 35.9 Å². The van der Waals surface area contributed by atoms with Crippen LogP contribution in [-0.4, -0.2) is 27.4 Å². The number of hydrogen-bond donors (Lipinski definition) is 2. The lowest BCUT2D eigenvalue weighted by molar-refractivity contribution is 0.0951. The molecule has 0 bridgehead atoms. The molecule has 1 atom stereocenters. The minimum absolute atomic E-state index is 0.117. The van der Waals surface area contributed by atoms with E-state index < -0.39 is 10.0 Å². The SMILES string of the molecule is C=CCNS(=O)(=O)c1ccc(C(=O)NCC(CC)c2ccccc2)cc1. The van der Waals surface area contributed by atoms with Crippen LogP contribution in [0, 0.1) is 0 Å². The summed E-state index contributed by atoms with van der Waals surface area (Å²) >= 11 is 0. The lowest BCUT2D eigenvalue weighted by Crippen LogP contribution is -2.28. The van der Waals surface area contributed by atoms with Gasteiger partial charge in [0, 0.05) is 24.6 Å². The first kappa shape index (κ1) is 19.9. The van der Waals surface area contributed by atoms with Crippen molar-refractivity contribution in [3.8, 4) is 0 Å². The Kier molecular flexibility index (Phi) is 7.12. The number of amides is 1. The molecule has 0 aromatic heterocycles. The first-order valence-electron chi connectivity index (χ1n) is 8.51. The fourth-order valence-electron chi connectivity index (χ4n) is 2.58. The monoisotopic (exact) mass is 372 g/mol. The zero-order valence-electron chi connectivity index (χ0n) is 14.8. The maximum absolute atomic E-state index is 12.3. The van der Waals surface area contributed by atoms with Crippen LogP contribution in [-0.2, 0) is 10.0 Å². The summed E-state index contributed by atoms with van der Waals surface area (Å²) in [6.45, 7) is 6.24. The van der Waals surface area contributed by atoms with Gasteiger partial charge in [0.15, 0.2) is 0 Å². The molecule has 0 saturated carbocycles. The summed E-state index contributed by atoms with van der Waals surface area (Å²) in [5.74, 6) is 0.0188. The number of benzene rings is 2. The average molecular weight is 372 g/mol. The van der Waals surface area contributed by atoms with Gasteiger partial charge in [0.05, 0.1) is 4.90 Å². The van der Waals surface area contributed by atoms with E-state index in [0.717, 1.165) is 6.42 Å². The van der Waals surface area contributed by atoms with Gasteiger partial charge >= 0.3 is 0 Å². The molecule has 26 heavy (non-hydrogen) atoms. The molecule has 0 radical (unpaired) electrons. The van der Waals surface area contributed by atoms with Crippen LogP contribution in [0.1, 0.15) is 35.2 Å². The molecule has 0 aliphatic carbocycles. The Bertz CT molecular complexity index is 831. The summed E-state index contributed by atoms with van der Waals surface area (Å²) < 4.78 is 26.4. The maximum Gasteiger partial charge on any atom is 0.251 e. The second kappa shape index (κ2) is 9.31. The van der Waals surface area contributed by atoms with E-state index in [4.69, 9.17) is 0 Å². The van der Waals surface area contributed by atoms with Crippen molar-refractivity contribution in [1.29, 1.82) is 0 Å². The van der Waals surface area contributed by atoms with E-state index in [1.54, 1.807) is 0 Å². The van der Waals surface area contributed by atoms with Crippen molar-refractivity contribution < 1.29 is 13.2 Å². The van der Waals surface area contributed by atoms with Crippen molar-refractivity contribution in [1.82, 2.24) is 10.0 Å². The molecule has 2 aromatic rings. The fourth-order valence-corrected chi connectivity index (χ4v) is 3.58. The molecule has 0 spiro atoms. The molecule has 0 aliphatic heterocycles. The van der Waals surface area contributed by atoms with Gasteiger partial charge in [-0.1, -0.05) is 43.3 Å². The molecule has 1 unspecified atom stereocenters. The predicted molar refractivity (Wildman–Crippen MR) is 104 cm³/mol. The van der Waals surface area contributed by atoms with Crippen LogP contribution in [0.15, 0.2) is 72.1 Å². The molecule has 138 valence electrons. The van der Waals surface area contributed by atoms with Crippen LogP contribution in [0.2, 0.25) is 0 Å². The molecular weight excluding hydrogens is 348 g/mol. The fraction of sp³-hybridized carbons (Fsp3) is 0.250. The third kappa shape index (κ3) is 5.28. The maximum atomic E-state index is 12.3. The molecule has 6 heteroatoms. The van der Waals surface area contributed by atoms with Gasteiger partial charge in [-0.3, -0.25) is 4.79 Å². The van der Waals surface area contributed by atoms with Gasteiger partial charge in [-0.15, -0.1) is 6.58 Å². The van der Waals surface area contributed by atoms with Crippen molar-refractivity contribution in [2.24, 2.45) is 0 Å². The molecule has 0 heterocycles. The highest BCUT2D eigenvalue weighted by Gasteiger charge is 2.15. The van der Waals surface area contributed by atoms with E-state index in [9.17, 15) is 13.2 Å². The first-order chi connectivity index (χ1) is 12.5. The van der Waals surface area contributed by atoms with E-state index in [2.05, 4.69) is 35.7 Å². The van der Waals surface area contributed by atoms with Crippen LogP contribution in [0.3, 0.4) is 0 Å². The third-order valence-electron chi connectivity index (χ3n) is 4.12. The zero-order valence-corrected chi connectivity index (χ0v) is 15.6. The summed E-state index contributed by atoms with van der Waals surface area (Å²) in [5, 5.41) is 2.92. The van der Waals surface area contributed by atoms with Crippen molar-refractivity contribution in [2.75, 3.05) is 13.1 Å². The Morgan fingerprint density at radius 2 is 1.77 bits per heavy atom. The lowest BCUT2D eigenvalue weighted by atomic mass is 9.96. The zero-order chi connectivity index (χ0) is 19.0. The topological polar surface area (TPSA) is 75.3 Å². The summed E-state index contributed by atoms with van der Waals surface area (Å²) in [4.78, 5) is 12.5. The van der Waals surface area contributed by atoms with E-state index >= 15 is 0 Å². The average Bonchev–Trinajstić information content (AvgIpc) is 2.67. The molecule has 2 rings (SSSR count). The first-order valence-corrected chi connectivity index (χ1v) is 10.00. The predicted octanol–water partition coefficient (Wildman–Crippen LogP) is 3.07. The Morgan fingerprint density at radius 3 is 2.35 bits per heavy atom. The van der Waals surface area contributed by atoms with Crippen LogP contribution >= 0.6 is 0 Å². The lowest BCUT2D eigenvalue weighted by Gasteiger charge is -2.16. The molecule has 0 aliphatic rings. The number of carbonyl (C=O) groups is 1. The van der Waals surface area contributed by atoms with Gasteiger partial charge in [0.25, 0.3) is 5.91 Å². The normalized spacial score (nSPS) is 12.3. The largest absolute Gasteiger partial charge is 0.351 e. The van der Waals surface area contributed by atoms with Crippen molar-refractivity contribution >= 4 is 15.9 Å². The van der Waals surface area contributed by atoms with Gasteiger partial charge in [-0.25, -0.2) is 13.1 Å². The highest BCUT2D eigenvalue weighted by molar-refractivity contribution is 7.89. The third-order valence-corrected chi connectivity index (χ3v) is 5.56. The van der Waals surface area contributed by atoms with Gasteiger partial charge in [-0.2, -0.15) is 0 Å². The summed E-state index contributed by atoms with van der Waals surface area (Å²) in [6.07, 6.45) is 2.38. The number of sulfonamides is 1. The molecule has 2 N–H and O–H groups in total. The number of nitrogens with one attached hydrogen (secondary N) is 2. The van der Waals surface area contributed by atoms with Crippen LogP contribution in [0.25, 0.3) is 0 Å². The van der Waals surface area contributed by atoms with Crippen molar-refractivity contribution in [2.45, 2.75) is 24.2 Å². The van der Waals surface area contributed by atoms with E-state index in [0.29, 0.717) is 12.1 Å². The van der Waals surface area contributed by atoms with Crippen LogP contribution in [0.5, 0.6) is 0 Å². The molecule has 1 amide bonds. The number of hydrogen-bond acceptors (Lipinski definition) is 3. The minimum atomic E-state index is -3.58. The Hall–Kier alpha value is -2.44. The molecule has 5 nitrogen and oxygen atoms in total. The van der Waals surface area contributed by atoms with Crippen molar-refractivity contribution in [3.05, 3.63) is 78.4 Å². The van der Waals surface area contributed by atoms with E-state index in [-0.39, 0.29) is 23.3 Å². The summed E-state index contributed by atoms with van der Waals surface area (Å²) in [6, 6.07) is 15.9. The van der Waals surface area contributed by atoms with Gasteiger partial charge in [-0.05, 0) is 36.2 Å². The van der Waals surface area contributed by atoms with Gasteiger partial charge in [0.1, 0.15) is 0 Å². The summed E-state index contributed by atoms with van der Waals surface area (Å²) in [5.41, 5.74) is 1.61. The van der Waals surface area contributed by atoms with Crippen molar-refractivity contribution in [3.63, 3.8) is 0 Å². The second-order valence-electron chi connectivity index (χ2n) is 5.89. The number of carbonyl (C=O) groups excluding carboxylic acids is 1. The highest BCUT2D eigenvalue weighted by Crippen LogP contribution is 2.18. The Labute approximate surface area is 155 Å². The standard InChI is InChI=1S/C20H24N2O3S/c1-3-14-22-26(24,25)19-12-10-18(11-13-19)20(23)21-15-16(4-2)17-8-6-5-7-9-17/h3,5-13,16,22H,1,4,14-15H2,2H3,(H,21,23). The quantitative estimate of drug-likeness (QED) is 0.664. The van der Waals surface area contributed by atoms with Gasteiger partial charge in [0.2, 0.25) is 10.0 Å². The van der Waals surface area contributed by atoms with Crippen LogP contribution < -0.4 is 10.0 Å². The van der Waals surface area contributed by atoms with Gasteiger partial charge < -0.3 is 5.32 Å².